The van der Waals surface area contributed by atoms with Gasteiger partial charge < -0.3 is 4.39 Å². The van der Waals surface area contributed by atoms with E-state index in [1.54, 1.807) is 0 Å². The Balaban J connectivity index is 2.54. The average molecular weight is 221 g/mol. The molecular formula is C12H21BNP+. The van der Waals surface area contributed by atoms with Crippen molar-refractivity contribution in [1.82, 2.24) is 0 Å². The summed E-state index contributed by atoms with van der Waals surface area (Å²) in [6.45, 7) is 10.4. The molecule has 0 aliphatic rings. The van der Waals surface area contributed by atoms with Crippen LogP contribution in [-0.2, 0) is 0 Å². The molecule has 3 heteroatoms. The Kier molecular flexibility index (Phi) is 5.35. The van der Waals surface area contributed by atoms with Crippen molar-refractivity contribution in [2.75, 3.05) is 19.6 Å². The normalized spacial score (nSPS) is 12.2. The van der Waals surface area contributed by atoms with Crippen LogP contribution >= 0.6 is 8.46 Å². The first-order valence-electron chi connectivity index (χ1n) is 5.78. The first kappa shape index (κ1) is 12.7. The summed E-state index contributed by atoms with van der Waals surface area (Å²) in [5.41, 5.74) is 0. The fraction of sp³-hybridized carbons (Fsp3) is 0.500. The number of hydrogen-bond donors (Lipinski definition) is 0. The van der Waals surface area contributed by atoms with Gasteiger partial charge in [0.25, 0.3) is 0 Å². The molecule has 0 N–H and O–H groups in total. The minimum Gasteiger partial charge on any atom is -0.391 e. The lowest BCUT2D eigenvalue weighted by molar-refractivity contribution is -0.813. The zero-order chi connectivity index (χ0) is 11.1. The van der Waals surface area contributed by atoms with Crippen molar-refractivity contribution < 1.29 is 4.39 Å². The first-order valence-corrected chi connectivity index (χ1v) is 6.85. The summed E-state index contributed by atoms with van der Waals surface area (Å²) in [5.74, 6) is 0. The van der Waals surface area contributed by atoms with E-state index in [1.807, 2.05) is 0 Å². The van der Waals surface area contributed by atoms with Crippen LogP contribution in [0.3, 0.4) is 0 Å². The van der Waals surface area contributed by atoms with Gasteiger partial charge in [-0.05, 0) is 26.1 Å². The van der Waals surface area contributed by atoms with Gasteiger partial charge in [0.15, 0.2) is 0 Å². The first-order chi connectivity index (χ1) is 7.26. The van der Waals surface area contributed by atoms with Crippen molar-refractivity contribution in [1.29, 1.82) is 0 Å². The van der Waals surface area contributed by atoms with E-state index in [1.165, 1.54) is 24.9 Å². The molecule has 0 saturated carbocycles. The highest BCUT2D eigenvalue weighted by molar-refractivity contribution is 7.75. The lowest BCUT2D eigenvalue weighted by Gasteiger charge is -2.35. The average Bonchev–Trinajstić information content (AvgIpc) is 2.33. The highest BCUT2D eigenvalue weighted by Gasteiger charge is 2.23. The Morgan fingerprint density at radius 1 is 1.00 bits per heavy atom. The summed E-state index contributed by atoms with van der Waals surface area (Å²) in [5, 5.41) is 1.44. The van der Waals surface area contributed by atoms with Crippen LogP contribution in [-0.4, -0.2) is 31.2 Å². The summed E-state index contributed by atoms with van der Waals surface area (Å²) in [6, 6.07) is 10.7. The molecule has 81 valence electrons. The molecule has 1 unspecified atom stereocenters. The lowest BCUT2D eigenvalue weighted by atomic mass is 10.1. The molecule has 1 radical (unpaired) electrons. The SMILES string of the molecule is CC[N+]([B]Pc1ccccc1)(CC)CC. The quantitative estimate of drug-likeness (QED) is 0.511. The largest absolute Gasteiger partial charge is 0.479 e. The predicted molar refractivity (Wildman–Crippen MR) is 72.0 cm³/mol. The van der Waals surface area contributed by atoms with Crippen LogP contribution in [0.1, 0.15) is 20.8 Å². The van der Waals surface area contributed by atoms with Crippen LogP contribution < -0.4 is 5.30 Å². The van der Waals surface area contributed by atoms with Crippen molar-refractivity contribution in [2.24, 2.45) is 0 Å². The molecule has 0 fully saturated rings. The van der Waals surface area contributed by atoms with Crippen LogP contribution in [0.25, 0.3) is 0 Å². The van der Waals surface area contributed by atoms with E-state index in [0.29, 0.717) is 0 Å². The maximum atomic E-state index is 2.48. The molecule has 0 spiro atoms. The van der Waals surface area contributed by atoms with Crippen LogP contribution in [0.5, 0.6) is 0 Å². The third-order valence-corrected chi connectivity index (χ3v) is 4.51. The zero-order valence-electron chi connectivity index (χ0n) is 10.0. The summed E-state index contributed by atoms with van der Waals surface area (Å²) in [6.07, 6.45) is 0. The minimum atomic E-state index is 0.824. The molecule has 1 aromatic rings. The fourth-order valence-electron chi connectivity index (χ4n) is 1.69. The molecule has 0 bridgehead atoms. The Labute approximate surface area is 96.5 Å². The number of benzene rings is 1. The lowest BCUT2D eigenvalue weighted by Crippen LogP contribution is -2.49. The minimum absolute atomic E-state index is 0.824. The molecule has 1 atom stereocenters. The van der Waals surface area contributed by atoms with E-state index in [0.717, 1.165) is 12.9 Å². The summed E-state index contributed by atoms with van der Waals surface area (Å²) in [4.78, 5) is 0. The van der Waals surface area contributed by atoms with Gasteiger partial charge in [0.1, 0.15) is 0 Å². The molecule has 0 amide bonds. The van der Waals surface area contributed by atoms with Gasteiger partial charge in [-0.3, -0.25) is 0 Å². The van der Waals surface area contributed by atoms with E-state index in [4.69, 9.17) is 0 Å². The van der Waals surface area contributed by atoms with E-state index in [9.17, 15) is 0 Å². The maximum absolute atomic E-state index is 2.48. The molecule has 0 aromatic heterocycles. The van der Waals surface area contributed by atoms with Gasteiger partial charge in [0.05, 0.1) is 19.6 Å². The molecule has 0 heterocycles. The van der Waals surface area contributed by atoms with E-state index < -0.39 is 0 Å². The van der Waals surface area contributed by atoms with Gasteiger partial charge in [-0.1, -0.05) is 38.8 Å². The Hall–Kier alpha value is -0.325. The molecular weight excluding hydrogens is 200 g/mol. The van der Waals surface area contributed by atoms with Crippen molar-refractivity contribution in [3.05, 3.63) is 30.3 Å². The zero-order valence-corrected chi connectivity index (χ0v) is 11.0. The highest BCUT2D eigenvalue weighted by atomic mass is 31.1. The van der Waals surface area contributed by atoms with Crippen molar-refractivity contribution in [3.8, 4) is 0 Å². The van der Waals surface area contributed by atoms with Crippen molar-refractivity contribution in [3.63, 3.8) is 0 Å². The molecule has 1 rings (SSSR count). The van der Waals surface area contributed by atoms with Crippen LogP contribution in [0.2, 0.25) is 0 Å². The Morgan fingerprint density at radius 3 is 2.00 bits per heavy atom. The molecule has 15 heavy (non-hydrogen) atoms. The van der Waals surface area contributed by atoms with Crippen molar-refractivity contribution in [2.45, 2.75) is 20.8 Å². The van der Waals surface area contributed by atoms with Crippen LogP contribution in [0.4, 0.5) is 0 Å². The Bertz CT molecular complexity index is 264. The standard InChI is InChI=1S/C12H21BNP/c1-4-14(5-2,6-3)13-15-12-10-8-7-9-11-12/h7-11,15H,4-6H2,1-3H3/q+1. The van der Waals surface area contributed by atoms with Gasteiger partial charge in [-0.2, -0.15) is 0 Å². The summed E-state index contributed by atoms with van der Waals surface area (Å²) in [7, 11) is 3.30. The van der Waals surface area contributed by atoms with Crippen LogP contribution in [0.15, 0.2) is 30.3 Å². The van der Waals surface area contributed by atoms with Gasteiger partial charge in [-0.25, -0.2) is 0 Å². The topological polar surface area (TPSA) is 0 Å². The second-order valence-corrected chi connectivity index (χ2v) is 4.93. The number of rotatable bonds is 6. The van der Waals surface area contributed by atoms with E-state index in [2.05, 4.69) is 58.2 Å². The Morgan fingerprint density at radius 2 is 1.53 bits per heavy atom. The van der Waals surface area contributed by atoms with Gasteiger partial charge in [-0.15, -0.1) is 0 Å². The fourth-order valence-corrected chi connectivity index (χ4v) is 3.05. The summed E-state index contributed by atoms with van der Waals surface area (Å²) >= 11 is 0. The smallest absolute Gasteiger partial charge is 0.391 e. The van der Waals surface area contributed by atoms with Gasteiger partial charge >= 0.3 is 7.13 Å². The monoisotopic (exact) mass is 221 g/mol. The number of hydrogen-bond acceptors (Lipinski definition) is 0. The molecule has 1 nitrogen and oxygen atoms in total. The third-order valence-electron chi connectivity index (χ3n) is 3.17. The van der Waals surface area contributed by atoms with Crippen LogP contribution in [0, 0.1) is 0 Å². The van der Waals surface area contributed by atoms with Gasteiger partial charge in [0.2, 0.25) is 0 Å². The summed E-state index contributed by atoms with van der Waals surface area (Å²) < 4.78 is 1.13. The van der Waals surface area contributed by atoms with E-state index in [-0.39, 0.29) is 0 Å². The number of nitrogens with zero attached hydrogens (tertiary/aromatic N) is 1. The van der Waals surface area contributed by atoms with E-state index >= 15 is 0 Å². The maximum Gasteiger partial charge on any atom is 0.479 e. The second-order valence-electron chi connectivity index (χ2n) is 3.81. The predicted octanol–water partition coefficient (Wildman–Crippen LogP) is 2.40. The number of quaternary nitrogens is 1. The molecule has 0 aliphatic carbocycles. The second kappa shape index (κ2) is 6.30. The molecule has 1 aromatic carbocycles. The van der Waals surface area contributed by atoms with Crippen molar-refractivity contribution >= 4 is 20.9 Å². The molecule has 0 saturated heterocycles. The third kappa shape index (κ3) is 3.63. The van der Waals surface area contributed by atoms with Gasteiger partial charge in [0, 0.05) is 0 Å². The molecule has 0 aliphatic heterocycles. The highest BCUT2D eigenvalue weighted by Crippen LogP contribution is 2.16.